The van der Waals surface area contributed by atoms with Crippen molar-refractivity contribution in [2.24, 2.45) is 5.73 Å². The molecular formula is C15H22N2O. The fraction of sp³-hybridized carbons (Fsp3) is 0.533. The normalized spacial score (nSPS) is 20.3. The first-order valence-electron chi connectivity index (χ1n) is 6.56. The number of nitrogens with two attached hydrogens (primary N) is 1. The maximum Gasteiger partial charge on any atom is 0.177 e. The van der Waals surface area contributed by atoms with Crippen LogP contribution in [-0.2, 0) is 0 Å². The van der Waals surface area contributed by atoms with E-state index in [9.17, 15) is 4.79 Å². The second-order valence-electron chi connectivity index (χ2n) is 5.46. The summed E-state index contributed by atoms with van der Waals surface area (Å²) in [7, 11) is 0. The van der Waals surface area contributed by atoms with Crippen molar-refractivity contribution in [2.45, 2.75) is 33.2 Å². The molecule has 0 radical (unpaired) electrons. The molecule has 1 saturated heterocycles. The summed E-state index contributed by atoms with van der Waals surface area (Å²) < 4.78 is 0. The van der Waals surface area contributed by atoms with Crippen molar-refractivity contribution in [3.8, 4) is 0 Å². The molecule has 98 valence electrons. The van der Waals surface area contributed by atoms with Crippen LogP contribution in [0.2, 0.25) is 0 Å². The van der Waals surface area contributed by atoms with Gasteiger partial charge in [-0.05, 0) is 49.9 Å². The Hall–Kier alpha value is -1.19. The number of Topliss-reactive ketones (excluding diaryl/α,β-unsaturated/α-hetero) is 1. The maximum absolute atomic E-state index is 12.3. The zero-order valence-corrected chi connectivity index (χ0v) is 11.5. The number of nitrogens with zero attached hydrogens (tertiary/aromatic N) is 1. The summed E-state index contributed by atoms with van der Waals surface area (Å²) in [4.78, 5) is 14.5. The molecule has 1 heterocycles. The summed E-state index contributed by atoms with van der Waals surface area (Å²) >= 11 is 0. The lowest BCUT2D eigenvalue weighted by atomic mass is 9.98. The lowest BCUT2D eigenvalue weighted by molar-refractivity contribution is 0.0944. The molecule has 3 nitrogen and oxygen atoms in total. The Labute approximate surface area is 109 Å². The fourth-order valence-corrected chi connectivity index (χ4v) is 2.56. The summed E-state index contributed by atoms with van der Waals surface area (Å²) in [5.74, 6) is 0.213. The molecule has 2 rings (SSSR count). The topological polar surface area (TPSA) is 46.3 Å². The van der Waals surface area contributed by atoms with Gasteiger partial charge in [0.05, 0.1) is 6.54 Å². The van der Waals surface area contributed by atoms with E-state index in [-0.39, 0.29) is 11.8 Å². The number of benzene rings is 1. The minimum absolute atomic E-state index is 0.213. The molecule has 1 fully saturated rings. The third-order valence-electron chi connectivity index (χ3n) is 3.82. The molecule has 0 aromatic heterocycles. The smallest absolute Gasteiger partial charge is 0.177 e. The summed E-state index contributed by atoms with van der Waals surface area (Å²) in [5, 5.41) is 0. The Bertz CT molecular complexity index is 468. The lowest BCUT2D eigenvalue weighted by Gasteiger charge is -2.15. The van der Waals surface area contributed by atoms with Gasteiger partial charge in [0, 0.05) is 24.7 Å². The van der Waals surface area contributed by atoms with Crippen LogP contribution >= 0.6 is 0 Å². The molecule has 0 aliphatic carbocycles. The number of carbonyl (C=O) groups excluding carboxylic acids is 1. The van der Waals surface area contributed by atoms with Crippen LogP contribution in [0, 0.1) is 20.8 Å². The predicted octanol–water partition coefficient (Wildman–Crippen LogP) is 1.83. The van der Waals surface area contributed by atoms with Gasteiger partial charge in [-0.25, -0.2) is 0 Å². The highest BCUT2D eigenvalue weighted by Crippen LogP contribution is 2.17. The highest BCUT2D eigenvalue weighted by atomic mass is 16.1. The third kappa shape index (κ3) is 2.79. The number of hydrogen-bond acceptors (Lipinski definition) is 3. The minimum Gasteiger partial charge on any atom is -0.326 e. The monoisotopic (exact) mass is 246 g/mol. The molecule has 3 heteroatoms. The highest BCUT2D eigenvalue weighted by molar-refractivity contribution is 5.99. The van der Waals surface area contributed by atoms with E-state index in [1.165, 1.54) is 11.1 Å². The highest BCUT2D eigenvalue weighted by Gasteiger charge is 2.22. The molecule has 1 aromatic rings. The van der Waals surface area contributed by atoms with Gasteiger partial charge in [0.2, 0.25) is 0 Å². The van der Waals surface area contributed by atoms with Crippen LogP contribution in [0.15, 0.2) is 12.1 Å². The van der Waals surface area contributed by atoms with Gasteiger partial charge in [0.15, 0.2) is 5.78 Å². The van der Waals surface area contributed by atoms with E-state index in [2.05, 4.69) is 24.8 Å². The van der Waals surface area contributed by atoms with E-state index in [1.807, 2.05) is 13.0 Å². The van der Waals surface area contributed by atoms with Gasteiger partial charge in [-0.15, -0.1) is 0 Å². The number of rotatable bonds is 3. The average molecular weight is 246 g/mol. The van der Waals surface area contributed by atoms with Crippen molar-refractivity contribution >= 4 is 5.78 Å². The molecule has 2 N–H and O–H groups in total. The van der Waals surface area contributed by atoms with Crippen LogP contribution in [-0.4, -0.2) is 36.4 Å². The summed E-state index contributed by atoms with van der Waals surface area (Å²) in [6, 6.07) is 4.35. The second-order valence-corrected chi connectivity index (χ2v) is 5.46. The van der Waals surface area contributed by atoms with Crippen molar-refractivity contribution in [2.75, 3.05) is 19.6 Å². The van der Waals surface area contributed by atoms with Gasteiger partial charge in [-0.3, -0.25) is 9.69 Å². The van der Waals surface area contributed by atoms with Gasteiger partial charge in [0.1, 0.15) is 0 Å². The van der Waals surface area contributed by atoms with Gasteiger partial charge >= 0.3 is 0 Å². The second kappa shape index (κ2) is 5.21. The number of likely N-dealkylation sites (tertiary alicyclic amines) is 1. The third-order valence-corrected chi connectivity index (χ3v) is 3.82. The zero-order valence-electron chi connectivity index (χ0n) is 11.5. The molecule has 18 heavy (non-hydrogen) atoms. The molecule has 1 aliphatic rings. The molecular weight excluding hydrogens is 224 g/mol. The van der Waals surface area contributed by atoms with E-state index >= 15 is 0 Å². The number of ketones is 1. The number of hydrogen-bond donors (Lipinski definition) is 1. The van der Waals surface area contributed by atoms with Gasteiger partial charge in [0.25, 0.3) is 0 Å². The van der Waals surface area contributed by atoms with E-state index in [0.29, 0.717) is 6.54 Å². The molecule has 0 amide bonds. The van der Waals surface area contributed by atoms with Gasteiger partial charge in [-0.1, -0.05) is 6.07 Å². The minimum atomic E-state index is 0.213. The molecule has 0 spiro atoms. The van der Waals surface area contributed by atoms with Gasteiger partial charge < -0.3 is 5.73 Å². The Morgan fingerprint density at radius 3 is 2.56 bits per heavy atom. The number of aryl methyl sites for hydroxylation is 3. The summed E-state index contributed by atoms with van der Waals surface area (Å²) in [6.07, 6.45) is 0.999. The summed E-state index contributed by atoms with van der Waals surface area (Å²) in [5.41, 5.74) is 10.2. The van der Waals surface area contributed by atoms with E-state index in [4.69, 9.17) is 5.73 Å². The first-order valence-corrected chi connectivity index (χ1v) is 6.56. The van der Waals surface area contributed by atoms with Gasteiger partial charge in [-0.2, -0.15) is 0 Å². The zero-order chi connectivity index (χ0) is 13.3. The fourth-order valence-electron chi connectivity index (χ4n) is 2.56. The Morgan fingerprint density at radius 1 is 1.28 bits per heavy atom. The Morgan fingerprint density at radius 2 is 1.94 bits per heavy atom. The van der Waals surface area contributed by atoms with Crippen LogP contribution in [0.4, 0.5) is 0 Å². The molecule has 1 aliphatic heterocycles. The molecule has 1 unspecified atom stereocenters. The average Bonchev–Trinajstić information content (AvgIpc) is 2.69. The van der Waals surface area contributed by atoms with E-state index in [0.717, 1.165) is 30.6 Å². The maximum atomic E-state index is 12.3. The molecule has 0 saturated carbocycles. The first kappa shape index (κ1) is 13.2. The molecule has 1 atom stereocenters. The first-order chi connectivity index (χ1) is 8.47. The molecule has 1 aromatic carbocycles. The van der Waals surface area contributed by atoms with Crippen LogP contribution in [0.3, 0.4) is 0 Å². The summed E-state index contributed by atoms with van der Waals surface area (Å²) in [6.45, 7) is 8.42. The van der Waals surface area contributed by atoms with Crippen LogP contribution in [0.5, 0.6) is 0 Å². The SMILES string of the molecule is Cc1cc(C)c(C(=O)CN2CCC(N)C2)cc1C. The van der Waals surface area contributed by atoms with Crippen molar-refractivity contribution in [1.82, 2.24) is 4.90 Å². The van der Waals surface area contributed by atoms with Crippen molar-refractivity contribution < 1.29 is 4.79 Å². The van der Waals surface area contributed by atoms with Crippen molar-refractivity contribution in [3.05, 3.63) is 34.4 Å². The predicted molar refractivity (Wildman–Crippen MR) is 74.0 cm³/mol. The van der Waals surface area contributed by atoms with E-state index < -0.39 is 0 Å². The Balaban J connectivity index is 2.11. The Kier molecular flexibility index (Phi) is 3.83. The largest absolute Gasteiger partial charge is 0.326 e. The number of carbonyl (C=O) groups is 1. The van der Waals surface area contributed by atoms with E-state index in [1.54, 1.807) is 0 Å². The van der Waals surface area contributed by atoms with Crippen LogP contribution in [0.25, 0.3) is 0 Å². The van der Waals surface area contributed by atoms with Crippen molar-refractivity contribution in [3.63, 3.8) is 0 Å². The quantitative estimate of drug-likeness (QED) is 0.828. The standard InChI is InChI=1S/C15H22N2O/c1-10-6-12(3)14(7-11(10)2)15(18)9-17-5-4-13(16)8-17/h6-7,13H,4-5,8-9,16H2,1-3H3. The lowest BCUT2D eigenvalue weighted by Crippen LogP contribution is -2.31. The van der Waals surface area contributed by atoms with Crippen molar-refractivity contribution in [1.29, 1.82) is 0 Å². The van der Waals surface area contributed by atoms with Crippen LogP contribution in [0.1, 0.15) is 33.5 Å². The molecule has 0 bridgehead atoms. The van der Waals surface area contributed by atoms with Crippen LogP contribution < -0.4 is 5.73 Å².